The number of benzene rings is 1. The lowest BCUT2D eigenvalue weighted by molar-refractivity contribution is 0.102. The summed E-state index contributed by atoms with van der Waals surface area (Å²) in [5.74, 6) is -0.108. The summed E-state index contributed by atoms with van der Waals surface area (Å²) in [5.41, 5.74) is 5.88. The fourth-order valence-electron chi connectivity index (χ4n) is 2.72. The highest BCUT2D eigenvalue weighted by molar-refractivity contribution is 6.06. The molecule has 1 amide bonds. The minimum Gasteiger partial charge on any atom is -0.321 e. The van der Waals surface area contributed by atoms with E-state index in [0.29, 0.717) is 5.56 Å². The van der Waals surface area contributed by atoms with Crippen molar-refractivity contribution >= 4 is 17.2 Å². The summed E-state index contributed by atoms with van der Waals surface area (Å²) in [6.45, 7) is 3.92. The highest BCUT2D eigenvalue weighted by Crippen LogP contribution is 2.33. The van der Waals surface area contributed by atoms with Crippen molar-refractivity contribution in [2.75, 3.05) is 5.32 Å². The van der Waals surface area contributed by atoms with Gasteiger partial charge in [-0.25, -0.2) is 0 Å². The Bertz CT molecular complexity index is 725. The van der Waals surface area contributed by atoms with Crippen LogP contribution in [0.15, 0.2) is 30.5 Å². The smallest absolute Gasteiger partial charge is 0.259 e. The molecule has 0 atom stereocenters. The van der Waals surface area contributed by atoms with Gasteiger partial charge in [-0.3, -0.25) is 9.48 Å². The van der Waals surface area contributed by atoms with Crippen molar-refractivity contribution in [2.45, 2.75) is 20.3 Å². The van der Waals surface area contributed by atoms with Gasteiger partial charge in [0.25, 0.3) is 5.91 Å². The van der Waals surface area contributed by atoms with Gasteiger partial charge in [0.2, 0.25) is 0 Å². The number of hydrogen-bond donors (Lipinski definition) is 1. The van der Waals surface area contributed by atoms with Gasteiger partial charge in [0.1, 0.15) is 0 Å². The average molecular weight is 267 g/mol. The molecule has 2 aromatic rings. The van der Waals surface area contributed by atoms with Crippen LogP contribution in [0.1, 0.15) is 34.1 Å². The third-order valence-corrected chi connectivity index (χ3v) is 3.68. The van der Waals surface area contributed by atoms with Gasteiger partial charge in [0.05, 0.1) is 11.3 Å². The van der Waals surface area contributed by atoms with E-state index in [1.807, 2.05) is 26.1 Å². The second kappa shape index (κ2) is 4.63. The molecule has 102 valence electrons. The molecule has 1 heterocycles. The molecular formula is C16H17N3O. The van der Waals surface area contributed by atoms with E-state index in [1.165, 1.54) is 11.1 Å². The Balaban J connectivity index is 1.93. The first kappa shape index (κ1) is 12.7. The van der Waals surface area contributed by atoms with Crippen LogP contribution in [-0.4, -0.2) is 15.7 Å². The van der Waals surface area contributed by atoms with Crippen molar-refractivity contribution in [3.05, 3.63) is 52.9 Å². The van der Waals surface area contributed by atoms with E-state index in [-0.39, 0.29) is 5.91 Å². The van der Waals surface area contributed by atoms with E-state index in [2.05, 4.69) is 29.5 Å². The molecule has 1 aromatic carbocycles. The minimum absolute atomic E-state index is 0.108. The maximum absolute atomic E-state index is 12.4. The van der Waals surface area contributed by atoms with Crippen molar-refractivity contribution in [1.82, 2.24) is 9.78 Å². The molecule has 0 fully saturated rings. The largest absolute Gasteiger partial charge is 0.321 e. The number of aromatic nitrogens is 2. The van der Waals surface area contributed by atoms with Crippen LogP contribution < -0.4 is 5.32 Å². The molecule has 0 radical (unpaired) electrons. The summed E-state index contributed by atoms with van der Waals surface area (Å²) < 4.78 is 1.66. The third-order valence-electron chi connectivity index (χ3n) is 3.68. The van der Waals surface area contributed by atoms with Crippen molar-refractivity contribution in [2.24, 2.45) is 7.05 Å². The number of carbonyl (C=O) groups excluding carboxylic acids is 1. The van der Waals surface area contributed by atoms with Crippen LogP contribution in [0.5, 0.6) is 0 Å². The molecule has 0 saturated heterocycles. The fraction of sp³-hybridized carbons (Fsp3) is 0.250. The summed E-state index contributed by atoms with van der Waals surface area (Å²) in [4.78, 5) is 12.4. The molecule has 1 N–H and O–H groups in total. The Morgan fingerprint density at radius 3 is 2.85 bits per heavy atom. The first-order valence-electron chi connectivity index (χ1n) is 6.67. The predicted molar refractivity (Wildman–Crippen MR) is 79.7 cm³/mol. The SMILES string of the molecule is CC1=CCc2cccc(NC(=O)c3cn(C)nc3C)c21. The zero-order chi connectivity index (χ0) is 14.3. The number of amides is 1. The first-order valence-corrected chi connectivity index (χ1v) is 6.67. The highest BCUT2D eigenvalue weighted by Gasteiger charge is 2.18. The Hall–Kier alpha value is -2.36. The summed E-state index contributed by atoms with van der Waals surface area (Å²) in [6.07, 6.45) is 4.88. The lowest BCUT2D eigenvalue weighted by Crippen LogP contribution is -2.13. The Labute approximate surface area is 118 Å². The molecule has 1 aromatic heterocycles. The van der Waals surface area contributed by atoms with E-state index in [0.717, 1.165) is 23.4 Å². The normalized spacial score (nSPS) is 13.1. The molecule has 0 spiro atoms. The lowest BCUT2D eigenvalue weighted by Gasteiger charge is -2.11. The van der Waals surface area contributed by atoms with Crippen LogP contribution >= 0.6 is 0 Å². The maximum Gasteiger partial charge on any atom is 0.259 e. The van der Waals surface area contributed by atoms with Gasteiger partial charge >= 0.3 is 0 Å². The second-order valence-corrected chi connectivity index (χ2v) is 5.19. The Morgan fingerprint density at radius 1 is 1.35 bits per heavy atom. The topological polar surface area (TPSA) is 46.9 Å². The summed E-state index contributed by atoms with van der Waals surface area (Å²) in [6, 6.07) is 6.04. The third kappa shape index (κ3) is 2.03. The van der Waals surface area contributed by atoms with Crippen molar-refractivity contribution in [1.29, 1.82) is 0 Å². The van der Waals surface area contributed by atoms with Gasteiger partial charge in [0, 0.05) is 24.5 Å². The van der Waals surface area contributed by atoms with Crippen LogP contribution in [0.4, 0.5) is 5.69 Å². The molecule has 3 rings (SSSR count). The summed E-state index contributed by atoms with van der Waals surface area (Å²) in [5, 5.41) is 7.22. The van der Waals surface area contributed by atoms with E-state index in [1.54, 1.807) is 10.9 Å². The van der Waals surface area contributed by atoms with Gasteiger partial charge in [-0.15, -0.1) is 0 Å². The van der Waals surface area contributed by atoms with Crippen molar-refractivity contribution in [3.8, 4) is 0 Å². The molecule has 1 aliphatic carbocycles. The van der Waals surface area contributed by atoms with Crippen LogP contribution in [0, 0.1) is 6.92 Å². The van der Waals surface area contributed by atoms with Crippen LogP contribution in [0.2, 0.25) is 0 Å². The van der Waals surface area contributed by atoms with Crippen LogP contribution in [0.25, 0.3) is 5.57 Å². The minimum atomic E-state index is -0.108. The number of carbonyl (C=O) groups is 1. The molecule has 20 heavy (non-hydrogen) atoms. The number of allylic oxidation sites excluding steroid dienone is 2. The number of hydrogen-bond acceptors (Lipinski definition) is 2. The van der Waals surface area contributed by atoms with Gasteiger partial charge in [-0.1, -0.05) is 18.2 Å². The maximum atomic E-state index is 12.4. The molecule has 0 saturated carbocycles. The van der Waals surface area contributed by atoms with Crippen LogP contribution in [-0.2, 0) is 13.5 Å². The van der Waals surface area contributed by atoms with Gasteiger partial charge < -0.3 is 5.32 Å². The van der Waals surface area contributed by atoms with Gasteiger partial charge in [0.15, 0.2) is 0 Å². The van der Waals surface area contributed by atoms with E-state index >= 15 is 0 Å². The number of fused-ring (bicyclic) bond motifs is 1. The molecule has 4 heteroatoms. The Kier molecular flexibility index (Phi) is 2.93. The monoisotopic (exact) mass is 267 g/mol. The number of nitrogens with zero attached hydrogens (tertiary/aromatic N) is 2. The molecule has 0 aliphatic heterocycles. The zero-order valence-electron chi connectivity index (χ0n) is 11.9. The number of rotatable bonds is 2. The average Bonchev–Trinajstić information content (AvgIpc) is 2.94. The number of nitrogens with one attached hydrogen (secondary N) is 1. The molecule has 1 aliphatic rings. The standard InChI is InChI=1S/C16H17N3O/c1-10-7-8-12-5-4-6-14(15(10)12)17-16(20)13-9-19(3)18-11(13)2/h4-7,9H,8H2,1-3H3,(H,17,20). The van der Waals surface area contributed by atoms with Crippen molar-refractivity contribution < 1.29 is 4.79 Å². The first-order chi connectivity index (χ1) is 9.56. The molecule has 0 unspecified atom stereocenters. The van der Waals surface area contributed by atoms with Gasteiger partial charge in [-0.05, 0) is 37.5 Å². The van der Waals surface area contributed by atoms with E-state index in [9.17, 15) is 4.79 Å². The quantitative estimate of drug-likeness (QED) is 0.909. The zero-order valence-corrected chi connectivity index (χ0v) is 11.9. The van der Waals surface area contributed by atoms with Gasteiger partial charge in [-0.2, -0.15) is 5.10 Å². The highest BCUT2D eigenvalue weighted by atomic mass is 16.1. The number of aryl methyl sites for hydroxylation is 2. The lowest BCUT2D eigenvalue weighted by atomic mass is 10.0. The molecule has 4 nitrogen and oxygen atoms in total. The fourth-order valence-corrected chi connectivity index (χ4v) is 2.72. The molecule has 0 bridgehead atoms. The number of anilines is 1. The second-order valence-electron chi connectivity index (χ2n) is 5.19. The summed E-state index contributed by atoms with van der Waals surface area (Å²) in [7, 11) is 1.82. The van der Waals surface area contributed by atoms with Crippen LogP contribution in [0.3, 0.4) is 0 Å². The van der Waals surface area contributed by atoms with Crippen molar-refractivity contribution in [3.63, 3.8) is 0 Å². The predicted octanol–water partition coefficient (Wildman–Crippen LogP) is 2.94. The van der Waals surface area contributed by atoms with E-state index in [4.69, 9.17) is 0 Å². The molecular weight excluding hydrogens is 250 g/mol. The summed E-state index contributed by atoms with van der Waals surface area (Å²) >= 11 is 0. The Morgan fingerprint density at radius 2 is 2.15 bits per heavy atom. The van der Waals surface area contributed by atoms with E-state index < -0.39 is 0 Å².